The zero-order chi connectivity index (χ0) is 21.7. The molecule has 6 heteroatoms. The first-order valence-corrected chi connectivity index (χ1v) is 9.78. The zero-order valence-corrected chi connectivity index (χ0v) is 17.7. The normalized spacial score (nSPS) is 10.4. The zero-order valence-electron chi connectivity index (χ0n) is 17.0. The Morgan fingerprint density at radius 1 is 0.933 bits per heavy atom. The average molecular weight is 424 g/mol. The molecular formula is C24H22ClNO4. The summed E-state index contributed by atoms with van der Waals surface area (Å²) in [6.07, 6.45) is 0. The maximum absolute atomic E-state index is 12.3. The maximum atomic E-state index is 12.3. The lowest BCUT2D eigenvalue weighted by molar-refractivity contribution is -0.136. The van der Waals surface area contributed by atoms with Gasteiger partial charge >= 0.3 is 5.97 Å². The van der Waals surface area contributed by atoms with Gasteiger partial charge in [-0.2, -0.15) is 0 Å². The fourth-order valence-corrected chi connectivity index (χ4v) is 2.99. The molecule has 0 atom stereocenters. The second-order valence-electron chi connectivity index (χ2n) is 6.95. The van der Waals surface area contributed by atoms with Crippen LogP contribution in [-0.2, 0) is 4.79 Å². The van der Waals surface area contributed by atoms with Crippen molar-refractivity contribution < 1.29 is 19.1 Å². The van der Waals surface area contributed by atoms with Crippen molar-refractivity contribution in [3.05, 3.63) is 87.9 Å². The number of aryl methyl sites for hydroxylation is 2. The third-order valence-electron chi connectivity index (χ3n) is 4.56. The lowest BCUT2D eigenvalue weighted by Crippen LogP contribution is -2.18. The second-order valence-corrected chi connectivity index (χ2v) is 7.39. The lowest BCUT2D eigenvalue weighted by Gasteiger charge is -2.12. The summed E-state index contributed by atoms with van der Waals surface area (Å²) < 4.78 is 10.9. The molecule has 0 fully saturated rings. The highest BCUT2D eigenvalue weighted by atomic mass is 35.5. The van der Waals surface area contributed by atoms with Crippen molar-refractivity contribution in [2.45, 2.75) is 20.8 Å². The number of ether oxygens (including phenoxy) is 2. The van der Waals surface area contributed by atoms with Crippen LogP contribution in [0.2, 0.25) is 5.02 Å². The molecule has 0 bridgehead atoms. The minimum absolute atomic E-state index is 0.206. The highest BCUT2D eigenvalue weighted by Gasteiger charge is 2.11. The van der Waals surface area contributed by atoms with Crippen LogP contribution in [0.3, 0.4) is 0 Å². The number of hydrogen-bond acceptors (Lipinski definition) is 4. The highest BCUT2D eigenvalue weighted by molar-refractivity contribution is 6.30. The minimum Gasteiger partial charge on any atom is -0.482 e. The molecule has 154 valence electrons. The molecule has 0 heterocycles. The molecule has 0 aliphatic carbocycles. The number of carbonyl (C=O) groups is 2. The van der Waals surface area contributed by atoms with Crippen LogP contribution in [0.15, 0.2) is 60.7 Å². The first-order valence-electron chi connectivity index (χ1n) is 9.40. The summed E-state index contributed by atoms with van der Waals surface area (Å²) in [7, 11) is 0. The van der Waals surface area contributed by atoms with E-state index in [2.05, 4.69) is 11.4 Å². The van der Waals surface area contributed by atoms with Crippen LogP contribution >= 0.6 is 11.6 Å². The number of anilines is 1. The monoisotopic (exact) mass is 423 g/mol. The third-order valence-corrected chi connectivity index (χ3v) is 4.81. The van der Waals surface area contributed by atoms with E-state index in [4.69, 9.17) is 21.1 Å². The number of rotatable bonds is 6. The van der Waals surface area contributed by atoms with Crippen LogP contribution < -0.4 is 14.8 Å². The number of nitrogens with one attached hydrogen (secondary N) is 1. The number of carbonyl (C=O) groups excluding carboxylic acids is 2. The number of halogens is 1. The molecule has 0 unspecified atom stereocenters. The number of hydrogen-bond donors (Lipinski definition) is 1. The number of benzene rings is 3. The molecule has 3 aromatic rings. The molecular weight excluding hydrogens is 402 g/mol. The van der Waals surface area contributed by atoms with Crippen LogP contribution in [0.25, 0.3) is 0 Å². The van der Waals surface area contributed by atoms with Crippen molar-refractivity contribution in [1.29, 1.82) is 0 Å². The minimum atomic E-state index is -0.521. The van der Waals surface area contributed by atoms with E-state index >= 15 is 0 Å². The van der Waals surface area contributed by atoms with Gasteiger partial charge in [0.15, 0.2) is 6.61 Å². The molecule has 0 aliphatic rings. The molecule has 3 aromatic carbocycles. The highest BCUT2D eigenvalue weighted by Crippen LogP contribution is 2.23. The Morgan fingerprint density at radius 3 is 2.27 bits per heavy atom. The van der Waals surface area contributed by atoms with Crippen molar-refractivity contribution in [2.24, 2.45) is 0 Å². The summed E-state index contributed by atoms with van der Waals surface area (Å²) in [6, 6.07) is 17.1. The van der Waals surface area contributed by atoms with Gasteiger partial charge in [-0.15, -0.1) is 0 Å². The summed E-state index contributed by atoms with van der Waals surface area (Å²) in [5.74, 6) is 0.207. The fourth-order valence-electron chi connectivity index (χ4n) is 2.86. The predicted octanol–water partition coefficient (Wildman–Crippen LogP) is 5.50. The first-order chi connectivity index (χ1) is 14.3. The van der Waals surface area contributed by atoms with Crippen LogP contribution in [0.1, 0.15) is 27.0 Å². The Kier molecular flexibility index (Phi) is 6.75. The summed E-state index contributed by atoms with van der Waals surface area (Å²) in [6.45, 7) is 5.71. The quantitative estimate of drug-likeness (QED) is 0.420. The van der Waals surface area contributed by atoms with Crippen molar-refractivity contribution in [3.63, 3.8) is 0 Å². The van der Waals surface area contributed by atoms with E-state index in [0.29, 0.717) is 27.8 Å². The second kappa shape index (κ2) is 9.46. The molecule has 1 amide bonds. The van der Waals surface area contributed by atoms with Gasteiger partial charge in [-0.05, 0) is 92.1 Å². The lowest BCUT2D eigenvalue weighted by atomic mass is 10.1. The van der Waals surface area contributed by atoms with Gasteiger partial charge in [-0.1, -0.05) is 17.7 Å². The summed E-state index contributed by atoms with van der Waals surface area (Å²) in [5, 5.41) is 3.37. The van der Waals surface area contributed by atoms with Crippen molar-refractivity contribution in [1.82, 2.24) is 0 Å². The Morgan fingerprint density at radius 2 is 1.60 bits per heavy atom. The fraction of sp³-hybridized carbons (Fsp3) is 0.167. The van der Waals surface area contributed by atoms with E-state index in [9.17, 15) is 9.59 Å². The first kappa shape index (κ1) is 21.4. The SMILES string of the molecule is Cc1cc(C)c(C)c(OCC(=O)Oc2ccc(C(=O)Nc3ccc(Cl)cc3)cc2)c1. The van der Waals surface area contributed by atoms with Gasteiger partial charge in [0.25, 0.3) is 5.91 Å². The molecule has 1 N–H and O–H groups in total. The summed E-state index contributed by atoms with van der Waals surface area (Å²) in [4.78, 5) is 24.4. The van der Waals surface area contributed by atoms with Gasteiger partial charge in [0.05, 0.1) is 0 Å². The van der Waals surface area contributed by atoms with Crippen LogP contribution in [0, 0.1) is 20.8 Å². The molecule has 0 radical (unpaired) electrons. The van der Waals surface area contributed by atoms with Crippen molar-refractivity contribution in [2.75, 3.05) is 11.9 Å². The van der Waals surface area contributed by atoms with E-state index in [1.54, 1.807) is 48.5 Å². The van der Waals surface area contributed by atoms with Crippen molar-refractivity contribution in [3.8, 4) is 11.5 Å². The van der Waals surface area contributed by atoms with Crippen LogP contribution in [0.4, 0.5) is 5.69 Å². The molecule has 30 heavy (non-hydrogen) atoms. The van der Waals surface area contributed by atoms with Gasteiger partial charge in [0.1, 0.15) is 11.5 Å². The standard InChI is InChI=1S/C24H22ClNO4/c1-15-12-16(2)17(3)22(13-15)29-14-23(27)30-21-10-4-18(5-11-21)24(28)26-20-8-6-19(25)7-9-20/h4-13H,14H2,1-3H3,(H,26,28). The van der Waals surface area contributed by atoms with E-state index in [0.717, 1.165) is 16.7 Å². The maximum Gasteiger partial charge on any atom is 0.349 e. The van der Waals surface area contributed by atoms with Gasteiger partial charge in [-0.25, -0.2) is 4.79 Å². The Hall–Kier alpha value is -3.31. The Bertz CT molecular complexity index is 1060. The number of esters is 1. The van der Waals surface area contributed by atoms with E-state index in [-0.39, 0.29) is 12.5 Å². The molecule has 0 saturated carbocycles. The molecule has 0 aliphatic heterocycles. The summed E-state index contributed by atoms with van der Waals surface area (Å²) >= 11 is 5.84. The average Bonchev–Trinajstić information content (AvgIpc) is 2.71. The predicted molar refractivity (Wildman–Crippen MR) is 118 cm³/mol. The van der Waals surface area contributed by atoms with Gasteiger partial charge in [0.2, 0.25) is 0 Å². The number of amides is 1. The summed E-state index contributed by atoms with van der Waals surface area (Å²) in [5.41, 5.74) is 4.23. The van der Waals surface area contributed by atoms with Gasteiger partial charge < -0.3 is 14.8 Å². The molecule has 5 nitrogen and oxygen atoms in total. The van der Waals surface area contributed by atoms with E-state index < -0.39 is 5.97 Å². The van der Waals surface area contributed by atoms with Gasteiger partial charge in [-0.3, -0.25) is 4.79 Å². The van der Waals surface area contributed by atoms with Crippen LogP contribution in [0.5, 0.6) is 11.5 Å². The van der Waals surface area contributed by atoms with E-state index in [1.165, 1.54) is 0 Å². The Balaban J connectivity index is 1.55. The van der Waals surface area contributed by atoms with Crippen molar-refractivity contribution >= 4 is 29.2 Å². The topological polar surface area (TPSA) is 64.6 Å². The molecule has 3 rings (SSSR count). The Labute approximate surface area is 180 Å². The molecule has 0 saturated heterocycles. The smallest absolute Gasteiger partial charge is 0.349 e. The van der Waals surface area contributed by atoms with Gasteiger partial charge in [0, 0.05) is 16.3 Å². The van der Waals surface area contributed by atoms with E-state index in [1.807, 2.05) is 26.8 Å². The molecule has 0 aromatic heterocycles. The molecule has 0 spiro atoms. The largest absolute Gasteiger partial charge is 0.482 e. The van der Waals surface area contributed by atoms with Crippen LogP contribution in [-0.4, -0.2) is 18.5 Å². The third kappa shape index (κ3) is 5.61.